The van der Waals surface area contributed by atoms with Gasteiger partial charge in [-0.15, -0.1) is 39.1 Å². The van der Waals surface area contributed by atoms with Crippen molar-refractivity contribution >= 4 is 66.7 Å². The van der Waals surface area contributed by atoms with Crippen LogP contribution in [0.5, 0.6) is 0 Å². The summed E-state index contributed by atoms with van der Waals surface area (Å²) in [5.41, 5.74) is 6.54. The van der Waals surface area contributed by atoms with E-state index in [0.717, 1.165) is 23.0 Å². The Hall–Kier alpha value is -3.68. The fourth-order valence-corrected chi connectivity index (χ4v) is 5.80. The molecule has 0 aliphatic heterocycles. The summed E-state index contributed by atoms with van der Waals surface area (Å²) in [6.45, 7) is 1.66. The van der Waals surface area contributed by atoms with Crippen LogP contribution in [0.4, 0.5) is 29.7 Å². The van der Waals surface area contributed by atoms with Crippen LogP contribution >= 0.6 is 34.0 Å². The highest BCUT2D eigenvalue weighted by Crippen LogP contribution is 2.47. The highest BCUT2D eigenvalue weighted by atomic mass is 32.1. The number of thiazole rings is 1. The molecule has 7 nitrogen and oxygen atoms in total. The van der Waals surface area contributed by atoms with Crippen LogP contribution in [-0.4, -0.2) is 22.5 Å². The maximum atomic E-state index is 14.2. The van der Waals surface area contributed by atoms with Gasteiger partial charge in [-0.1, -0.05) is 18.2 Å². The third-order valence-electron chi connectivity index (χ3n) is 5.13. The molecule has 0 bridgehead atoms. The summed E-state index contributed by atoms with van der Waals surface area (Å²) < 4.78 is 47.8. The number of thiophene rings is 2. The number of nitrogens with two attached hydrogens (primary N) is 1. The summed E-state index contributed by atoms with van der Waals surface area (Å²) >= 11 is 3.37. The van der Waals surface area contributed by atoms with Crippen LogP contribution in [0.1, 0.15) is 22.2 Å². The highest BCUT2D eigenvalue weighted by Gasteiger charge is 2.37. The zero-order valence-corrected chi connectivity index (χ0v) is 21.4. The van der Waals surface area contributed by atoms with Crippen molar-refractivity contribution in [3.63, 3.8) is 0 Å². The largest absolute Gasteiger partial charge is 0.462 e. The molecule has 0 atom stereocenters. The first-order valence-electron chi connectivity index (χ1n) is 10.7. The number of esters is 1. The first kappa shape index (κ1) is 25.0. The summed E-state index contributed by atoms with van der Waals surface area (Å²) in [5.74, 6) is -0.790. The number of halogens is 3. The van der Waals surface area contributed by atoms with Crippen LogP contribution < -0.4 is 5.73 Å². The monoisotopic (exact) mass is 559 g/mol. The Kier molecular flexibility index (Phi) is 6.75. The van der Waals surface area contributed by atoms with Gasteiger partial charge in [0.05, 0.1) is 39.5 Å². The van der Waals surface area contributed by atoms with Crippen molar-refractivity contribution < 1.29 is 22.7 Å². The SMILES string of the molecule is CCOC(=O)c1sc2nc(-c3cccs3)cc(C(F)(F)F)c2c1N=Nc1ccc(-c2csc(N)n2)cc1. The minimum Gasteiger partial charge on any atom is -0.462 e. The van der Waals surface area contributed by atoms with Gasteiger partial charge in [-0.25, -0.2) is 14.8 Å². The first-order valence-corrected chi connectivity index (χ1v) is 13.3. The van der Waals surface area contributed by atoms with Crippen LogP contribution in [0, 0.1) is 0 Å². The molecule has 0 unspecified atom stereocenters. The van der Waals surface area contributed by atoms with Gasteiger partial charge in [-0.2, -0.15) is 18.3 Å². The van der Waals surface area contributed by atoms with Gasteiger partial charge in [-0.05, 0) is 36.6 Å². The lowest BCUT2D eigenvalue weighted by Crippen LogP contribution is -2.06. The zero-order chi connectivity index (χ0) is 26.2. The van der Waals surface area contributed by atoms with E-state index in [4.69, 9.17) is 10.5 Å². The maximum Gasteiger partial charge on any atom is 0.417 e. The van der Waals surface area contributed by atoms with Gasteiger partial charge in [0.15, 0.2) is 5.13 Å². The van der Waals surface area contributed by atoms with Crippen molar-refractivity contribution in [2.24, 2.45) is 10.2 Å². The third kappa shape index (κ3) is 5.10. The Bertz CT molecular complexity index is 1610. The number of carbonyl (C=O) groups excluding carboxylic acids is 1. The Balaban J connectivity index is 1.63. The van der Waals surface area contributed by atoms with Crippen LogP contribution in [0.3, 0.4) is 0 Å². The van der Waals surface area contributed by atoms with Gasteiger partial charge in [0.25, 0.3) is 0 Å². The second-order valence-electron chi connectivity index (χ2n) is 7.53. The van der Waals surface area contributed by atoms with Crippen LogP contribution in [0.15, 0.2) is 63.5 Å². The Morgan fingerprint density at radius 3 is 2.49 bits per heavy atom. The maximum absolute atomic E-state index is 14.2. The molecule has 1 aromatic carbocycles. The average Bonchev–Trinajstić information content (AvgIpc) is 3.62. The van der Waals surface area contributed by atoms with Gasteiger partial charge in [0.1, 0.15) is 15.4 Å². The van der Waals surface area contributed by atoms with E-state index in [-0.39, 0.29) is 33.1 Å². The second-order valence-corrected chi connectivity index (χ2v) is 10.4. The molecular formula is C24H16F3N5O2S3. The van der Waals surface area contributed by atoms with Crippen LogP contribution in [0.25, 0.3) is 32.0 Å². The number of aromatic nitrogens is 2. The van der Waals surface area contributed by atoms with Gasteiger partial charge in [0.2, 0.25) is 0 Å². The number of benzene rings is 1. The number of hydrogen-bond donors (Lipinski definition) is 1. The van der Waals surface area contributed by atoms with Crippen molar-refractivity contribution in [3.05, 3.63) is 63.7 Å². The number of nitrogens with zero attached hydrogens (tertiary/aromatic N) is 4. The summed E-state index contributed by atoms with van der Waals surface area (Å²) in [7, 11) is 0. The molecule has 0 fully saturated rings. The van der Waals surface area contributed by atoms with E-state index in [2.05, 4.69) is 20.2 Å². The Morgan fingerprint density at radius 1 is 1.08 bits per heavy atom. The predicted octanol–water partition coefficient (Wildman–Crippen LogP) is 8.34. The fourth-order valence-electron chi connectivity index (χ4n) is 3.51. The van der Waals surface area contributed by atoms with E-state index in [1.54, 1.807) is 48.7 Å². The van der Waals surface area contributed by atoms with Gasteiger partial charge < -0.3 is 10.5 Å². The number of ether oxygens (including phenoxy) is 1. The third-order valence-corrected chi connectivity index (χ3v) is 7.75. The molecule has 0 saturated carbocycles. The first-order chi connectivity index (χ1) is 17.7. The molecule has 13 heteroatoms. The molecular weight excluding hydrogens is 543 g/mol. The van der Waals surface area contributed by atoms with Crippen molar-refractivity contribution in [3.8, 4) is 21.8 Å². The van der Waals surface area contributed by atoms with E-state index in [1.165, 1.54) is 22.7 Å². The topological polar surface area (TPSA) is 103 Å². The lowest BCUT2D eigenvalue weighted by atomic mass is 10.1. The number of hydrogen-bond acceptors (Lipinski definition) is 10. The van der Waals surface area contributed by atoms with Crippen molar-refractivity contribution in [1.82, 2.24) is 9.97 Å². The number of anilines is 1. The molecule has 37 heavy (non-hydrogen) atoms. The van der Waals surface area contributed by atoms with Crippen molar-refractivity contribution in [1.29, 1.82) is 0 Å². The molecule has 0 radical (unpaired) electrons. The Morgan fingerprint density at radius 2 is 1.86 bits per heavy atom. The number of alkyl halides is 3. The molecule has 0 aliphatic carbocycles. The fraction of sp³-hybridized carbons (Fsp3) is 0.125. The molecule has 5 rings (SSSR count). The number of rotatable bonds is 6. The quantitative estimate of drug-likeness (QED) is 0.166. The van der Waals surface area contributed by atoms with Crippen molar-refractivity contribution in [2.75, 3.05) is 12.3 Å². The highest BCUT2D eigenvalue weighted by molar-refractivity contribution is 7.21. The average molecular weight is 560 g/mol. The summed E-state index contributed by atoms with van der Waals surface area (Å²) in [6.07, 6.45) is -4.72. The predicted molar refractivity (Wildman–Crippen MR) is 140 cm³/mol. The standard InChI is InChI=1S/C24H16F3N5O2S3/c1-2-34-22(33)20-19(32-31-13-7-5-12(6-8-13)16-11-36-23(28)30-16)18-14(24(25,26)27)10-15(29-21(18)37-20)17-4-3-9-35-17/h3-11H,2H2,1H3,(H2,28,30). The molecule has 0 amide bonds. The molecule has 4 aromatic heterocycles. The molecule has 0 aliphatic rings. The number of fused-ring (bicyclic) bond motifs is 1. The van der Waals surface area contributed by atoms with Gasteiger partial charge in [0, 0.05) is 10.9 Å². The van der Waals surface area contributed by atoms with Gasteiger partial charge in [-0.3, -0.25) is 0 Å². The lowest BCUT2D eigenvalue weighted by Gasteiger charge is -2.10. The molecule has 0 spiro atoms. The van der Waals surface area contributed by atoms with Crippen molar-refractivity contribution in [2.45, 2.75) is 13.1 Å². The summed E-state index contributed by atoms with van der Waals surface area (Å²) in [4.78, 5) is 21.8. The minimum absolute atomic E-state index is 0.0201. The van der Waals surface area contributed by atoms with Crippen LogP contribution in [-0.2, 0) is 10.9 Å². The molecule has 2 N–H and O–H groups in total. The number of carbonyl (C=O) groups is 1. The van der Waals surface area contributed by atoms with E-state index in [1.807, 2.05) is 5.38 Å². The zero-order valence-electron chi connectivity index (χ0n) is 18.9. The molecule has 4 heterocycles. The minimum atomic E-state index is -4.72. The summed E-state index contributed by atoms with van der Waals surface area (Å²) in [6, 6.07) is 11.2. The molecule has 5 aromatic rings. The molecule has 188 valence electrons. The Labute approximate surface area is 220 Å². The van der Waals surface area contributed by atoms with E-state index >= 15 is 0 Å². The van der Waals surface area contributed by atoms with E-state index < -0.39 is 17.7 Å². The van der Waals surface area contributed by atoms with E-state index in [0.29, 0.717) is 21.4 Å². The number of pyridine rings is 1. The van der Waals surface area contributed by atoms with E-state index in [9.17, 15) is 18.0 Å². The molecule has 0 saturated heterocycles. The lowest BCUT2D eigenvalue weighted by molar-refractivity contribution is -0.136. The number of azo groups is 1. The smallest absolute Gasteiger partial charge is 0.417 e. The van der Waals surface area contributed by atoms with Gasteiger partial charge >= 0.3 is 12.1 Å². The van der Waals surface area contributed by atoms with Crippen LogP contribution in [0.2, 0.25) is 0 Å². The summed E-state index contributed by atoms with van der Waals surface area (Å²) in [5, 5.41) is 11.9. The normalized spacial score (nSPS) is 12.0. The number of nitrogen functional groups attached to an aromatic ring is 1. The second kappa shape index (κ2) is 10.00.